The number of ether oxygens (including phenoxy) is 1. The molecule has 0 bridgehead atoms. The highest BCUT2D eigenvalue weighted by molar-refractivity contribution is 5.88. The lowest BCUT2D eigenvalue weighted by molar-refractivity contribution is -0.143. The largest absolute Gasteiger partial charge is 0.468 e. The molecule has 0 fully saturated rings. The van der Waals surface area contributed by atoms with E-state index in [9.17, 15) is 4.79 Å². The van der Waals surface area contributed by atoms with Gasteiger partial charge in [0.2, 0.25) is 0 Å². The van der Waals surface area contributed by atoms with Crippen LogP contribution in [0.2, 0.25) is 0 Å². The van der Waals surface area contributed by atoms with E-state index in [1.165, 1.54) is 7.11 Å². The molecule has 0 saturated carbocycles. The Morgan fingerprint density at radius 2 is 2.10 bits per heavy atom. The molecule has 1 atom stereocenters. The maximum atomic E-state index is 12.1. The Hall–Kier alpha value is -1.98. The number of pyridine rings is 1. The summed E-state index contributed by atoms with van der Waals surface area (Å²) in [7, 11) is 5.39. The van der Waals surface area contributed by atoms with Gasteiger partial charge in [-0.3, -0.25) is 10.3 Å². The molecule has 2 rings (SSSR count). The third-order valence-corrected chi connectivity index (χ3v) is 3.32. The molecule has 1 heterocycles. The molecule has 0 saturated heterocycles. The number of likely N-dealkylation sites (N-methyl/N-ethyl adjacent to an activating group) is 1. The van der Waals surface area contributed by atoms with E-state index in [1.54, 1.807) is 6.20 Å². The predicted octanol–water partition coefficient (Wildman–Crippen LogP) is 1.60. The van der Waals surface area contributed by atoms with E-state index in [4.69, 9.17) is 4.74 Å². The average molecular weight is 287 g/mol. The summed E-state index contributed by atoms with van der Waals surface area (Å²) < 4.78 is 4.93. The second kappa shape index (κ2) is 7.15. The number of aromatic nitrogens is 1. The highest BCUT2D eigenvalue weighted by Crippen LogP contribution is 2.23. The molecule has 1 aromatic heterocycles. The minimum Gasteiger partial charge on any atom is -0.468 e. The number of carbonyl (C=O) groups excluding carboxylic acids is 1. The van der Waals surface area contributed by atoms with Gasteiger partial charge in [-0.05, 0) is 20.2 Å². The minimum absolute atomic E-state index is 0.299. The lowest BCUT2D eigenvalue weighted by Gasteiger charge is -2.19. The first-order chi connectivity index (χ1) is 10.1. The third kappa shape index (κ3) is 3.77. The predicted molar refractivity (Wildman–Crippen MR) is 83.1 cm³/mol. The quantitative estimate of drug-likeness (QED) is 0.818. The van der Waals surface area contributed by atoms with Gasteiger partial charge < -0.3 is 9.64 Å². The molecule has 21 heavy (non-hydrogen) atoms. The Bertz CT molecular complexity index is 608. The van der Waals surface area contributed by atoms with Crippen molar-refractivity contribution in [2.24, 2.45) is 0 Å². The molecular formula is C16H21N3O2. The molecule has 0 amide bonds. The number of hydrogen-bond acceptors (Lipinski definition) is 5. The van der Waals surface area contributed by atoms with Gasteiger partial charge in [0, 0.05) is 30.2 Å². The maximum absolute atomic E-state index is 12.1. The van der Waals surface area contributed by atoms with Crippen LogP contribution < -0.4 is 5.32 Å². The highest BCUT2D eigenvalue weighted by Gasteiger charge is 2.23. The zero-order valence-corrected chi connectivity index (χ0v) is 12.7. The molecule has 1 N–H and O–H groups in total. The monoisotopic (exact) mass is 287 g/mol. The molecule has 0 aliphatic carbocycles. The minimum atomic E-state index is -0.506. The first-order valence-corrected chi connectivity index (χ1v) is 6.93. The van der Waals surface area contributed by atoms with Crippen molar-refractivity contribution >= 4 is 16.9 Å². The summed E-state index contributed by atoms with van der Waals surface area (Å²) in [6.07, 6.45) is 1.74. The third-order valence-electron chi connectivity index (χ3n) is 3.32. The van der Waals surface area contributed by atoms with Gasteiger partial charge in [0.25, 0.3) is 0 Å². The first kappa shape index (κ1) is 15.4. The van der Waals surface area contributed by atoms with Gasteiger partial charge in [0.05, 0.1) is 12.6 Å². The van der Waals surface area contributed by atoms with Crippen molar-refractivity contribution in [1.29, 1.82) is 0 Å². The normalized spacial score (nSPS) is 12.6. The van der Waals surface area contributed by atoms with Crippen LogP contribution in [-0.2, 0) is 9.53 Å². The Morgan fingerprint density at radius 1 is 1.33 bits per heavy atom. The Balaban J connectivity index is 2.32. The van der Waals surface area contributed by atoms with Gasteiger partial charge in [-0.15, -0.1) is 0 Å². The van der Waals surface area contributed by atoms with E-state index in [2.05, 4.69) is 15.2 Å². The average Bonchev–Trinajstić information content (AvgIpc) is 2.50. The zero-order chi connectivity index (χ0) is 15.2. The fourth-order valence-electron chi connectivity index (χ4n) is 2.23. The second-order valence-electron chi connectivity index (χ2n) is 5.14. The number of esters is 1. The van der Waals surface area contributed by atoms with Crippen LogP contribution in [0.4, 0.5) is 0 Å². The SMILES string of the molecule is COC(=O)C(NCCN(C)C)c1cccc2cccnc12. The number of nitrogens with one attached hydrogen (secondary N) is 1. The summed E-state index contributed by atoms with van der Waals surface area (Å²) in [5, 5.41) is 4.27. The van der Waals surface area contributed by atoms with Crippen molar-refractivity contribution in [1.82, 2.24) is 15.2 Å². The van der Waals surface area contributed by atoms with Gasteiger partial charge in [-0.2, -0.15) is 0 Å². The molecule has 1 aromatic carbocycles. The highest BCUT2D eigenvalue weighted by atomic mass is 16.5. The second-order valence-corrected chi connectivity index (χ2v) is 5.14. The summed E-state index contributed by atoms with van der Waals surface area (Å²) in [5.41, 5.74) is 1.67. The summed E-state index contributed by atoms with van der Waals surface area (Å²) in [6.45, 7) is 1.53. The van der Waals surface area contributed by atoms with E-state index in [1.807, 2.05) is 44.4 Å². The lowest BCUT2D eigenvalue weighted by atomic mass is 10.0. The van der Waals surface area contributed by atoms with Crippen molar-refractivity contribution < 1.29 is 9.53 Å². The Kier molecular flexibility index (Phi) is 5.25. The molecule has 0 spiro atoms. The Labute approximate surface area is 124 Å². The lowest BCUT2D eigenvalue weighted by Crippen LogP contribution is -2.34. The van der Waals surface area contributed by atoms with E-state index < -0.39 is 6.04 Å². The van der Waals surface area contributed by atoms with E-state index in [-0.39, 0.29) is 5.97 Å². The number of methoxy groups -OCH3 is 1. The number of fused-ring (bicyclic) bond motifs is 1. The molecular weight excluding hydrogens is 266 g/mol. The van der Waals surface area contributed by atoms with Crippen LogP contribution in [0.15, 0.2) is 36.5 Å². The van der Waals surface area contributed by atoms with Crippen LogP contribution in [0.5, 0.6) is 0 Å². The van der Waals surface area contributed by atoms with Crippen LogP contribution in [0.25, 0.3) is 10.9 Å². The van der Waals surface area contributed by atoms with Crippen LogP contribution in [0.1, 0.15) is 11.6 Å². The molecule has 0 aliphatic rings. The van der Waals surface area contributed by atoms with Gasteiger partial charge in [-0.1, -0.05) is 24.3 Å². The number of carbonyl (C=O) groups is 1. The topological polar surface area (TPSA) is 54.5 Å². The summed E-state index contributed by atoms with van der Waals surface area (Å²) in [6, 6.07) is 9.20. The maximum Gasteiger partial charge on any atom is 0.327 e. The number of benzene rings is 1. The molecule has 5 nitrogen and oxygen atoms in total. The van der Waals surface area contributed by atoms with Gasteiger partial charge in [0.1, 0.15) is 6.04 Å². The van der Waals surface area contributed by atoms with Gasteiger partial charge >= 0.3 is 5.97 Å². The molecule has 112 valence electrons. The summed E-state index contributed by atoms with van der Waals surface area (Å²) in [4.78, 5) is 18.6. The number of rotatable bonds is 6. The Morgan fingerprint density at radius 3 is 2.81 bits per heavy atom. The molecule has 0 radical (unpaired) electrons. The van der Waals surface area contributed by atoms with Crippen molar-refractivity contribution in [3.8, 4) is 0 Å². The van der Waals surface area contributed by atoms with Crippen molar-refractivity contribution in [3.63, 3.8) is 0 Å². The fraction of sp³-hybridized carbons (Fsp3) is 0.375. The van der Waals surface area contributed by atoms with Gasteiger partial charge in [-0.25, -0.2) is 4.79 Å². The smallest absolute Gasteiger partial charge is 0.327 e. The van der Waals surface area contributed by atoms with Crippen LogP contribution >= 0.6 is 0 Å². The van der Waals surface area contributed by atoms with Crippen LogP contribution in [0, 0.1) is 0 Å². The first-order valence-electron chi connectivity index (χ1n) is 6.93. The zero-order valence-electron chi connectivity index (χ0n) is 12.7. The van der Waals surface area contributed by atoms with Gasteiger partial charge in [0.15, 0.2) is 0 Å². The number of hydrogen-bond donors (Lipinski definition) is 1. The molecule has 5 heteroatoms. The number of nitrogens with zero attached hydrogens (tertiary/aromatic N) is 2. The van der Waals surface area contributed by atoms with Crippen LogP contribution in [-0.4, -0.2) is 50.1 Å². The fourth-order valence-corrected chi connectivity index (χ4v) is 2.23. The van der Waals surface area contributed by atoms with E-state index >= 15 is 0 Å². The van der Waals surface area contributed by atoms with Crippen molar-refractivity contribution in [3.05, 3.63) is 42.1 Å². The molecule has 1 unspecified atom stereocenters. The number of para-hydroxylation sites is 1. The standard InChI is InChI=1S/C16H21N3O2/c1-19(2)11-10-18-15(16(20)21-3)13-8-4-6-12-7-5-9-17-14(12)13/h4-9,15,18H,10-11H2,1-3H3. The van der Waals surface area contributed by atoms with Crippen molar-refractivity contribution in [2.75, 3.05) is 34.3 Å². The van der Waals surface area contributed by atoms with E-state index in [0.29, 0.717) is 6.54 Å². The molecule has 2 aromatic rings. The molecule has 0 aliphatic heterocycles. The van der Waals surface area contributed by atoms with Crippen LogP contribution in [0.3, 0.4) is 0 Å². The summed E-state index contributed by atoms with van der Waals surface area (Å²) >= 11 is 0. The van der Waals surface area contributed by atoms with Crippen molar-refractivity contribution in [2.45, 2.75) is 6.04 Å². The van der Waals surface area contributed by atoms with E-state index in [0.717, 1.165) is 23.0 Å². The summed E-state index contributed by atoms with van der Waals surface area (Å²) in [5.74, 6) is -0.299.